The number of carbonyl (C=O) groups is 1. The van der Waals surface area contributed by atoms with Crippen molar-refractivity contribution in [1.29, 1.82) is 0 Å². The van der Waals surface area contributed by atoms with E-state index in [-0.39, 0.29) is 5.97 Å². The van der Waals surface area contributed by atoms with Crippen molar-refractivity contribution < 1.29 is 18.9 Å². The smallest absolute Gasteiger partial charge is 0.338 e. The van der Waals surface area contributed by atoms with E-state index in [1.807, 2.05) is 24.3 Å². The normalized spacial score (nSPS) is 12.0. The summed E-state index contributed by atoms with van der Waals surface area (Å²) in [5, 5.41) is 6.35. The van der Waals surface area contributed by atoms with Crippen LogP contribution in [0.1, 0.15) is 92.4 Å². The van der Waals surface area contributed by atoms with E-state index in [0.717, 1.165) is 80.4 Å². The average molecular weight is 745 g/mol. The molecule has 0 aromatic heterocycles. The molecular weight excluding hydrogens is 696 g/mol. The summed E-state index contributed by atoms with van der Waals surface area (Å²) in [6.07, 6.45) is 2.61. The lowest BCUT2D eigenvalue weighted by Gasteiger charge is -2.19. The number of ether oxygens (including phenoxy) is 1. The Morgan fingerprint density at radius 1 is 0.804 bits per heavy atom. The molecule has 262 valence electrons. The molecule has 5 nitrogen and oxygen atoms in total. The Labute approximate surface area is 310 Å². The molecule has 0 spiro atoms. The number of para-hydroxylation sites is 2. The molecule has 1 aliphatic carbocycles. The Kier molecular flexibility index (Phi) is 11.4. The van der Waals surface area contributed by atoms with E-state index in [4.69, 9.17) is 9.15 Å². The van der Waals surface area contributed by atoms with Gasteiger partial charge in [-0.3, -0.25) is 0 Å². The highest BCUT2D eigenvalue weighted by Crippen LogP contribution is 2.42. The fourth-order valence-corrected chi connectivity index (χ4v) is 7.13. The first-order chi connectivity index (χ1) is 24.7. The van der Waals surface area contributed by atoms with Gasteiger partial charge in [0, 0.05) is 56.5 Å². The lowest BCUT2D eigenvalue weighted by Crippen LogP contribution is -2.71. The minimum absolute atomic E-state index is 0.333. The van der Waals surface area contributed by atoms with Crippen molar-refractivity contribution in [3.8, 4) is 22.5 Å². The molecule has 6 rings (SSSR count). The summed E-state index contributed by atoms with van der Waals surface area (Å²) in [5.74, 6) is 1.10. The first-order valence-electron chi connectivity index (χ1n) is 18.2. The first kappa shape index (κ1) is 36.1. The van der Waals surface area contributed by atoms with E-state index < -0.39 is 0 Å². The van der Waals surface area contributed by atoms with Gasteiger partial charge in [0.05, 0.1) is 18.2 Å². The SMILES string of the molecule is CCc1cccc(CC)c1Nc1ccc2c(-c3ccccc3C(=O)OCCCBr)c3ccc(=[NH+]c4c(C(C)C)cccc4C(C)C)cc-3oc2c1. The van der Waals surface area contributed by atoms with Gasteiger partial charge < -0.3 is 14.5 Å². The highest BCUT2D eigenvalue weighted by Gasteiger charge is 2.24. The number of benzene rings is 5. The van der Waals surface area contributed by atoms with E-state index in [1.165, 1.54) is 22.3 Å². The van der Waals surface area contributed by atoms with E-state index >= 15 is 0 Å². The van der Waals surface area contributed by atoms with Gasteiger partial charge in [0.15, 0.2) is 0 Å². The number of alkyl halides is 1. The van der Waals surface area contributed by atoms with Crippen LogP contribution < -0.4 is 15.7 Å². The fourth-order valence-electron chi connectivity index (χ4n) is 6.90. The maximum absolute atomic E-state index is 13.5. The summed E-state index contributed by atoms with van der Waals surface area (Å²) in [6, 6.07) is 33.4. The van der Waals surface area contributed by atoms with E-state index in [0.29, 0.717) is 24.0 Å². The number of aryl methyl sites for hydroxylation is 2. The van der Waals surface area contributed by atoms with Crippen LogP contribution in [0.3, 0.4) is 0 Å². The number of anilines is 2. The van der Waals surface area contributed by atoms with Gasteiger partial charge in [-0.05, 0) is 72.1 Å². The van der Waals surface area contributed by atoms with E-state index in [2.05, 4.69) is 141 Å². The van der Waals surface area contributed by atoms with Crippen LogP contribution >= 0.6 is 15.9 Å². The summed E-state index contributed by atoms with van der Waals surface area (Å²) < 4.78 is 12.5. The summed E-state index contributed by atoms with van der Waals surface area (Å²) in [4.78, 5) is 17.3. The largest absolute Gasteiger partial charge is 0.462 e. The molecular formula is C45H48BrN2O3+. The number of fused-ring (bicyclic) bond motifs is 2. The number of carbonyl (C=O) groups excluding carboxylic acids is 1. The summed E-state index contributed by atoms with van der Waals surface area (Å²) in [7, 11) is 0. The molecule has 0 bridgehead atoms. The molecule has 2 aliphatic rings. The van der Waals surface area contributed by atoms with Gasteiger partial charge in [-0.1, -0.05) is 112 Å². The average Bonchev–Trinajstić information content (AvgIpc) is 3.13. The Morgan fingerprint density at radius 2 is 1.49 bits per heavy atom. The number of esters is 1. The molecule has 0 amide bonds. The Morgan fingerprint density at radius 3 is 2.16 bits per heavy atom. The molecule has 2 N–H and O–H groups in total. The van der Waals surface area contributed by atoms with Gasteiger partial charge in [0.1, 0.15) is 11.3 Å². The van der Waals surface area contributed by atoms with Crippen molar-refractivity contribution in [2.24, 2.45) is 0 Å². The molecule has 4 aromatic carbocycles. The van der Waals surface area contributed by atoms with Crippen LogP contribution in [0, 0.1) is 0 Å². The van der Waals surface area contributed by atoms with Crippen molar-refractivity contribution in [1.82, 2.24) is 0 Å². The lowest BCUT2D eigenvalue weighted by atomic mass is 9.90. The van der Waals surface area contributed by atoms with Crippen LogP contribution in [0.4, 0.5) is 17.1 Å². The maximum Gasteiger partial charge on any atom is 0.338 e. The fraction of sp³-hybridized carbons (Fsp3) is 0.289. The third-order valence-electron chi connectivity index (χ3n) is 9.56. The van der Waals surface area contributed by atoms with Crippen molar-refractivity contribution in [2.75, 3.05) is 17.3 Å². The molecule has 0 fully saturated rings. The van der Waals surface area contributed by atoms with Crippen molar-refractivity contribution in [2.45, 2.75) is 72.6 Å². The summed E-state index contributed by atoms with van der Waals surface area (Å²) in [6.45, 7) is 13.6. The molecule has 6 heteroatoms. The minimum Gasteiger partial charge on any atom is -0.462 e. The topological polar surface area (TPSA) is 65.4 Å². The van der Waals surface area contributed by atoms with Crippen LogP contribution in [0.25, 0.3) is 33.4 Å². The van der Waals surface area contributed by atoms with Gasteiger partial charge in [0.2, 0.25) is 11.0 Å². The minimum atomic E-state index is -0.333. The summed E-state index contributed by atoms with van der Waals surface area (Å²) >= 11 is 3.44. The first-order valence-corrected chi connectivity index (χ1v) is 19.3. The molecule has 0 saturated heterocycles. The van der Waals surface area contributed by atoms with Gasteiger partial charge in [-0.2, -0.15) is 0 Å². The number of hydrogen-bond acceptors (Lipinski definition) is 4. The quantitative estimate of drug-likeness (QED) is 0.0567. The van der Waals surface area contributed by atoms with Crippen molar-refractivity contribution >= 4 is 49.9 Å². The summed E-state index contributed by atoms with van der Waals surface area (Å²) in [5.41, 5.74) is 12.3. The van der Waals surface area contributed by atoms with E-state index in [1.54, 1.807) is 0 Å². The molecule has 1 heterocycles. The predicted molar refractivity (Wildman–Crippen MR) is 214 cm³/mol. The second-order valence-electron chi connectivity index (χ2n) is 13.7. The molecule has 0 saturated carbocycles. The van der Waals surface area contributed by atoms with Crippen molar-refractivity contribution in [3.63, 3.8) is 0 Å². The number of nitrogens with one attached hydrogen (secondary N) is 2. The zero-order valence-corrected chi connectivity index (χ0v) is 32.1. The Balaban J connectivity index is 1.59. The third-order valence-corrected chi connectivity index (χ3v) is 10.1. The van der Waals surface area contributed by atoms with Gasteiger partial charge in [-0.25, -0.2) is 9.79 Å². The predicted octanol–water partition coefficient (Wildman–Crippen LogP) is 10.6. The van der Waals surface area contributed by atoms with Gasteiger partial charge in [0.25, 0.3) is 0 Å². The van der Waals surface area contributed by atoms with Crippen LogP contribution in [0.15, 0.2) is 101 Å². The maximum atomic E-state index is 13.5. The van der Waals surface area contributed by atoms with Crippen LogP contribution in [0.2, 0.25) is 0 Å². The molecule has 0 unspecified atom stereocenters. The third kappa shape index (κ3) is 7.67. The standard InChI is InChI=1S/C45H47BrN2O3/c1-7-30-14-11-15-31(8-2)43(30)47-32-20-22-38-40(26-32)51-41-27-33(48-44-34(28(3)4)18-12-19-35(44)29(5)6)21-23-39(41)42(38)36-16-9-10-17-37(36)45(49)50-25-13-24-46/h9-12,14-23,26-29,47H,7-8,13,24-25H2,1-6H3/p+1. The van der Waals surface area contributed by atoms with Gasteiger partial charge in [-0.15, -0.1) is 0 Å². The Bertz CT molecular complexity index is 2170. The van der Waals surface area contributed by atoms with Gasteiger partial charge >= 0.3 is 5.97 Å². The lowest BCUT2D eigenvalue weighted by molar-refractivity contribution is -0.404. The Hall–Kier alpha value is -4.68. The van der Waals surface area contributed by atoms with E-state index in [9.17, 15) is 4.79 Å². The number of halogens is 1. The molecule has 0 radical (unpaired) electrons. The second-order valence-corrected chi connectivity index (χ2v) is 14.4. The van der Waals surface area contributed by atoms with Crippen LogP contribution in [-0.4, -0.2) is 17.9 Å². The molecule has 1 aliphatic heterocycles. The molecule has 4 aromatic rings. The van der Waals surface area contributed by atoms with Crippen LogP contribution in [-0.2, 0) is 17.6 Å². The number of hydrogen-bond donors (Lipinski definition) is 2. The monoisotopic (exact) mass is 743 g/mol. The second kappa shape index (κ2) is 16.1. The van der Waals surface area contributed by atoms with Crippen LogP contribution in [0.5, 0.6) is 0 Å². The zero-order chi connectivity index (χ0) is 36.1. The number of rotatable bonds is 12. The highest BCUT2D eigenvalue weighted by molar-refractivity contribution is 9.09. The molecule has 51 heavy (non-hydrogen) atoms. The highest BCUT2D eigenvalue weighted by atomic mass is 79.9. The van der Waals surface area contributed by atoms with Crippen molar-refractivity contribution in [3.05, 3.63) is 130 Å². The zero-order valence-electron chi connectivity index (χ0n) is 30.5. The molecule has 0 atom stereocenters.